The lowest BCUT2D eigenvalue weighted by atomic mass is 9.89. The molecule has 3 aromatic rings. The van der Waals surface area contributed by atoms with Crippen LogP contribution in [0.4, 0.5) is 10.5 Å². The number of thioether (sulfide) groups is 1. The third-order valence-electron chi connectivity index (χ3n) is 5.36. The van der Waals surface area contributed by atoms with Crippen LogP contribution in [0.2, 0.25) is 0 Å². The van der Waals surface area contributed by atoms with E-state index in [0.717, 1.165) is 28.1 Å². The van der Waals surface area contributed by atoms with Crippen LogP contribution in [0.15, 0.2) is 54.6 Å². The molecule has 2 aliphatic heterocycles. The topological polar surface area (TPSA) is 69.0 Å². The average molecular weight is 416 g/mol. The molecule has 2 amide bonds. The maximum atomic E-state index is 12.1. The first-order valence-electron chi connectivity index (χ1n) is 9.49. The largest absolute Gasteiger partial charge is 0.493 e. The summed E-state index contributed by atoms with van der Waals surface area (Å²) in [5.41, 5.74) is 1.49. The number of carbonyl (C=O) groups is 2. The summed E-state index contributed by atoms with van der Waals surface area (Å²) in [6.45, 7) is 7.83. The second-order valence-corrected chi connectivity index (χ2v) is 8.22. The molecule has 1 N–H and O–H groups in total. The first-order chi connectivity index (χ1) is 14.6. The predicted octanol–water partition coefficient (Wildman–Crippen LogP) is 5.40. The van der Waals surface area contributed by atoms with Gasteiger partial charge in [0.05, 0.1) is 13.2 Å². The van der Waals surface area contributed by atoms with Crippen LogP contribution in [0.5, 0.6) is 17.2 Å². The highest BCUT2D eigenvalue weighted by atomic mass is 32.2. The van der Waals surface area contributed by atoms with Crippen molar-refractivity contribution < 1.29 is 19.1 Å². The molecule has 148 valence electrons. The first kappa shape index (κ1) is 18.5. The van der Waals surface area contributed by atoms with Gasteiger partial charge in [0.15, 0.2) is 5.69 Å². The minimum atomic E-state index is -0.433. The molecular weight excluding hydrogens is 400 g/mol. The zero-order valence-corrected chi connectivity index (χ0v) is 16.6. The van der Waals surface area contributed by atoms with Gasteiger partial charge >= 0.3 is 0 Å². The molecule has 30 heavy (non-hydrogen) atoms. The lowest BCUT2D eigenvalue weighted by Gasteiger charge is -2.28. The van der Waals surface area contributed by atoms with Gasteiger partial charge in [0.25, 0.3) is 5.24 Å². The molecule has 0 aromatic heterocycles. The highest BCUT2D eigenvalue weighted by molar-refractivity contribution is 8.15. The maximum Gasteiger partial charge on any atom is 0.286 e. The van der Waals surface area contributed by atoms with E-state index in [0.29, 0.717) is 36.0 Å². The second kappa shape index (κ2) is 7.39. The molecule has 1 saturated heterocycles. The summed E-state index contributed by atoms with van der Waals surface area (Å²) < 4.78 is 12.0. The van der Waals surface area contributed by atoms with Gasteiger partial charge < -0.3 is 9.47 Å². The van der Waals surface area contributed by atoms with Crippen LogP contribution in [0.3, 0.4) is 0 Å². The van der Waals surface area contributed by atoms with Crippen LogP contribution in [-0.2, 0) is 4.79 Å². The zero-order chi connectivity index (χ0) is 20.7. The summed E-state index contributed by atoms with van der Waals surface area (Å²) >= 11 is 1.04. The molecule has 0 saturated carbocycles. The number of imide groups is 1. The normalized spacial score (nSPS) is 20.2. The predicted molar refractivity (Wildman–Crippen MR) is 114 cm³/mol. The van der Waals surface area contributed by atoms with Crippen molar-refractivity contribution in [2.45, 2.75) is 17.6 Å². The first-order valence-corrected chi connectivity index (χ1v) is 10.4. The van der Waals surface area contributed by atoms with Crippen molar-refractivity contribution in [1.82, 2.24) is 5.32 Å². The van der Waals surface area contributed by atoms with E-state index in [4.69, 9.17) is 16.0 Å². The van der Waals surface area contributed by atoms with Gasteiger partial charge in [-0.25, -0.2) is 4.85 Å². The van der Waals surface area contributed by atoms with Crippen LogP contribution in [0.1, 0.15) is 17.9 Å². The van der Waals surface area contributed by atoms with Crippen molar-refractivity contribution in [3.63, 3.8) is 0 Å². The molecule has 0 spiro atoms. The Morgan fingerprint density at radius 2 is 1.93 bits per heavy atom. The number of hydrogen-bond donors (Lipinski definition) is 1. The summed E-state index contributed by atoms with van der Waals surface area (Å²) in [6.07, 6.45) is 0.675. The molecule has 0 aliphatic carbocycles. The molecule has 2 heterocycles. The number of nitrogens with zero attached hydrogens (tertiary/aromatic N) is 1. The monoisotopic (exact) mass is 416 g/mol. The van der Waals surface area contributed by atoms with Crippen LogP contribution >= 0.6 is 11.8 Å². The Kier molecular flexibility index (Phi) is 4.57. The zero-order valence-electron chi connectivity index (χ0n) is 15.8. The quantitative estimate of drug-likeness (QED) is 0.579. The second-order valence-electron chi connectivity index (χ2n) is 7.10. The highest BCUT2D eigenvalue weighted by Crippen LogP contribution is 2.44. The minimum absolute atomic E-state index is 0.0852. The summed E-state index contributed by atoms with van der Waals surface area (Å²) in [6, 6.07) is 16.8. The Hall–Kier alpha value is -3.50. The highest BCUT2D eigenvalue weighted by Gasteiger charge is 2.40. The van der Waals surface area contributed by atoms with Crippen molar-refractivity contribution in [2.75, 3.05) is 6.61 Å². The van der Waals surface area contributed by atoms with Gasteiger partial charge in [-0.15, -0.1) is 0 Å². The Balaban J connectivity index is 1.47. The molecule has 2 aliphatic rings. The smallest absolute Gasteiger partial charge is 0.286 e. The Labute approximate surface area is 177 Å². The lowest BCUT2D eigenvalue weighted by molar-refractivity contribution is -0.119. The molecular formula is C23H16N2O4S. The van der Waals surface area contributed by atoms with E-state index in [1.165, 1.54) is 0 Å². The summed E-state index contributed by atoms with van der Waals surface area (Å²) in [7, 11) is 0. The van der Waals surface area contributed by atoms with Crippen molar-refractivity contribution in [2.24, 2.45) is 0 Å². The molecule has 5 rings (SSSR count). The number of benzene rings is 3. The Morgan fingerprint density at radius 3 is 2.70 bits per heavy atom. The van der Waals surface area contributed by atoms with Crippen molar-refractivity contribution >= 4 is 39.4 Å². The number of fused-ring (bicyclic) bond motifs is 2. The van der Waals surface area contributed by atoms with Crippen LogP contribution in [0.25, 0.3) is 15.6 Å². The molecule has 7 heteroatoms. The fourth-order valence-electron chi connectivity index (χ4n) is 3.98. The maximum absolute atomic E-state index is 12.1. The van der Waals surface area contributed by atoms with E-state index >= 15 is 0 Å². The summed E-state index contributed by atoms with van der Waals surface area (Å²) in [5.74, 6) is 1.60. The molecule has 0 bridgehead atoms. The summed E-state index contributed by atoms with van der Waals surface area (Å²) in [5, 5.41) is 3.33. The summed E-state index contributed by atoms with van der Waals surface area (Å²) in [4.78, 5) is 27.3. The molecule has 1 unspecified atom stereocenters. The van der Waals surface area contributed by atoms with Gasteiger partial charge in [-0.1, -0.05) is 48.2 Å². The standard InChI is InChI=1S/C23H16N2O4S/c1-24-18-8-9-19(15-5-3-2-4-14(15)18)29-13-6-7-16-17(10-11-28-20(16)12-13)21-22(26)25-23(27)30-21/h2-9,12,17,21H,10-11H2,(H,25,26,27)/t17-,21?/m1/s1. The van der Waals surface area contributed by atoms with E-state index in [1.807, 2.05) is 42.5 Å². The van der Waals surface area contributed by atoms with E-state index in [9.17, 15) is 9.59 Å². The van der Waals surface area contributed by atoms with Crippen LogP contribution in [0, 0.1) is 6.57 Å². The van der Waals surface area contributed by atoms with Gasteiger partial charge in [-0.2, -0.15) is 0 Å². The van der Waals surface area contributed by atoms with Gasteiger partial charge in [-0.3, -0.25) is 14.9 Å². The Morgan fingerprint density at radius 1 is 1.10 bits per heavy atom. The number of nitrogens with one attached hydrogen (secondary N) is 1. The van der Waals surface area contributed by atoms with Gasteiger partial charge in [0.2, 0.25) is 5.91 Å². The third kappa shape index (κ3) is 3.15. The molecule has 2 atom stereocenters. The van der Waals surface area contributed by atoms with Gasteiger partial charge in [0, 0.05) is 17.4 Å². The van der Waals surface area contributed by atoms with Crippen molar-refractivity contribution in [3.8, 4) is 17.2 Å². The molecule has 1 fully saturated rings. The lowest BCUT2D eigenvalue weighted by Crippen LogP contribution is -2.31. The van der Waals surface area contributed by atoms with Crippen LogP contribution < -0.4 is 14.8 Å². The minimum Gasteiger partial charge on any atom is -0.493 e. The molecule has 6 nitrogen and oxygen atoms in total. The fraction of sp³-hybridized carbons (Fsp3) is 0.174. The van der Waals surface area contributed by atoms with Crippen molar-refractivity contribution in [3.05, 3.63) is 71.6 Å². The Bertz CT molecular complexity index is 1230. The third-order valence-corrected chi connectivity index (χ3v) is 6.48. The van der Waals surface area contributed by atoms with Gasteiger partial charge in [0.1, 0.15) is 22.5 Å². The van der Waals surface area contributed by atoms with E-state index in [-0.39, 0.29) is 17.1 Å². The fourth-order valence-corrected chi connectivity index (χ4v) is 4.98. The number of hydrogen-bond acceptors (Lipinski definition) is 5. The van der Waals surface area contributed by atoms with Gasteiger partial charge in [-0.05, 0) is 29.5 Å². The van der Waals surface area contributed by atoms with Crippen molar-refractivity contribution in [1.29, 1.82) is 0 Å². The average Bonchev–Trinajstić information content (AvgIpc) is 3.11. The number of ether oxygens (including phenoxy) is 2. The van der Waals surface area contributed by atoms with Crippen LogP contribution in [-0.4, -0.2) is 23.0 Å². The van der Waals surface area contributed by atoms with E-state index < -0.39 is 5.25 Å². The van der Waals surface area contributed by atoms with E-state index in [2.05, 4.69) is 10.2 Å². The molecule has 3 aromatic carbocycles. The van der Waals surface area contributed by atoms with E-state index in [1.54, 1.807) is 12.1 Å². The number of rotatable bonds is 3. The number of carbonyl (C=O) groups excluding carboxylic acids is 2. The molecule has 0 radical (unpaired) electrons. The SMILES string of the molecule is [C-]#[N+]c1ccc(Oc2ccc3c(c2)OCC[C@H]3C2SC(=O)NC2=O)c2ccccc12. The number of amides is 2.